The number of nitriles is 1. The zero-order valence-corrected chi connectivity index (χ0v) is 33.1. The third-order valence-corrected chi connectivity index (χ3v) is 13.3. The summed E-state index contributed by atoms with van der Waals surface area (Å²) in [4.78, 5) is 19.7. The number of carbonyl (C=O) groups excluding carboxylic acids is 1. The van der Waals surface area contributed by atoms with Crippen molar-refractivity contribution in [3.8, 4) is 6.07 Å². The molecule has 0 aromatic heterocycles. The van der Waals surface area contributed by atoms with Crippen molar-refractivity contribution < 1.29 is 55.3 Å². The fraction of sp³-hybridized carbons (Fsp3) is 0.833. The topological polar surface area (TPSA) is 160 Å². The Morgan fingerprint density at radius 1 is 1.00 bits per heavy atom. The Balaban J connectivity index is 3.05. The molecule has 0 aromatic carbocycles. The molecular formula is C30H53F3N4O9SSi2. The number of hydrogen-bond donors (Lipinski definition) is 1. The Morgan fingerprint density at radius 2 is 1.53 bits per heavy atom. The highest BCUT2D eigenvalue weighted by atomic mass is 32.2. The second-order valence-electron chi connectivity index (χ2n) is 14.1. The van der Waals surface area contributed by atoms with Gasteiger partial charge in [0.05, 0.1) is 19.6 Å². The number of alkyl halides is 3. The van der Waals surface area contributed by atoms with Crippen molar-refractivity contribution in [2.75, 3.05) is 33.0 Å². The largest absolute Gasteiger partial charge is 0.516 e. The zero-order chi connectivity index (χ0) is 37.6. The maximum absolute atomic E-state index is 14.2. The molecule has 13 nitrogen and oxygen atoms in total. The second-order valence-corrected chi connectivity index (χ2v) is 25.5. The van der Waals surface area contributed by atoms with Gasteiger partial charge in [-0.05, 0) is 45.3 Å². The molecule has 282 valence electrons. The number of aliphatic hydroxyl groups is 1. The first kappa shape index (κ1) is 42.9. The molecule has 0 aromatic rings. The second kappa shape index (κ2) is 16.4. The Morgan fingerprint density at radius 3 is 1.96 bits per heavy atom. The highest BCUT2D eigenvalue weighted by molar-refractivity contribution is 7.91. The summed E-state index contributed by atoms with van der Waals surface area (Å²) >= 11 is 0. The van der Waals surface area contributed by atoms with E-state index in [2.05, 4.69) is 10.7 Å². The van der Waals surface area contributed by atoms with Crippen LogP contribution in [-0.4, -0.2) is 113 Å². The van der Waals surface area contributed by atoms with Crippen molar-refractivity contribution in [1.82, 2.24) is 9.03 Å². The summed E-state index contributed by atoms with van der Waals surface area (Å²) in [6.45, 7) is 16.5. The number of amides is 1. The van der Waals surface area contributed by atoms with Crippen molar-refractivity contribution in [3.63, 3.8) is 0 Å². The van der Waals surface area contributed by atoms with Crippen LogP contribution < -0.4 is 0 Å². The molecule has 1 fully saturated rings. The maximum Gasteiger partial charge on any atom is 0.516 e. The third-order valence-electron chi connectivity index (χ3n) is 7.43. The molecular weight excluding hydrogens is 706 g/mol. The van der Waals surface area contributed by atoms with E-state index >= 15 is 0 Å². The van der Waals surface area contributed by atoms with E-state index in [1.54, 1.807) is 19.6 Å². The van der Waals surface area contributed by atoms with Crippen molar-refractivity contribution in [1.29, 1.82) is 5.26 Å². The van der Waals surface area contributed by atoms with Crippen molar-refractivity contribution in [2.45, 2.75) is 128 Å². The number of sulfonamides is 1. The van der Waals surface area contributed by atoms with Crippen LogP contribution in [0, 0.1) is 11.3 Å². The number of carbonyl (C=O) groups is 1. The van der Waals surface area contributed by atoms with E-state index in [0.717, 1.165) is 0 Å². The van der Waals surface area contributed by atoms with Crippen LogP contribution in [0.5, 0.6) is 0 Å². The molecule has 0 saturated carbocycles. The van der Waals surface area contributed by atoms with E-state index in [9.17, 15) is 36.8 Å². The number of rotatable bonds is 17. The predicted octanol–water partition coefficient (Wildman–Crippen LogP) is 5.03. The molecule has 0 unspecified atom stereocenters. The molecule has 19 heteroatoms. The minimum Gasteiger partial charge on any atom is -0.494 e. The van der Waals surface area contributed by atoms with Crippen LogP contribution in [0.15, 0.2) is 16.0 Å². The summed E-state index contributed by atoms with van der Waals surface area (Å²) in [6, 6.07) is 1.12. The van der Waals surface area contributed by atoms with Gasteiger partial charge in [0.1, 0.15) is 29.6 Å². The number of β-lactam (4-membered cyclic amide) rings is 1. The minimum absolute atomic E-state index is 0.0397. The molecule has 1 saturated heterocycles. The number of ether oxygens (including phenoxy) is 4. The fourth-order valence-electron chi connectivity index (χ4n) is 5.56. The van der Waals surface area contributed by atoms with Gasteiger partial charge in [-0.3, -0.25) is 9.45 Å². The molecule has 1 heterocycles. The van der Waals surface area contributed by atoms with E-state index in [-0.39, 0.29) is 48.3 Å². The Bertz CT molecular complexity index is 1380. The molecule has 2 aliphatic rings. The van der Waals surface area contributed by atoms with E-state index < -0.39 is 73.7 Å². The quantitative estimate of drug-likeness (QED) is 0.0701. The molecule has 49 heavy (non-hydrogen) atoms. The number of hydrogen-bond acceptors (Lipinski definition) is 11. The number of halogens is 3. The van der Waals surface area contributed by atoms with Crippen LogP contribution in [0.2, 0.25) is 39.3 Å². The molecule has 1 aliphatic carbocycles. The van der Waals surface area contributed by atoms with Crippen LogP contribution in [-0.2, 0) is 38.6 Å². The van der Waals surface area contributed by atoms with Gasteiger partial charge < -0.3 is 28.9 Å². The van der Waals surface area contributed by atoms with Crippen molar-refractivity contribution >= 4 is 38.4 Å². The molecule has 1 aliphatic heterocycles. The normalized spacial score (nSPS) is 25.4. The van der Waals surface area contributed by atoms with Crippen molar-refractivity contribution in [3.05, 3.63) is 11.3 Å². The van der Waals surface area contributed by atoms with E-state index in [1.165, 1.54) is 19.6 Å². The first-order chi connectivity index (χ1) is 22.5. The van der Waals surface area contributed by atoms with Gasteiger partial charge in [0, 0.05) is 19.8 Å². The Labute approximate surface area is 290 Å². The van der Waals surface area contributed by atoms with Crippen LogP contribution in [0.3, 0.4) is 0 Å². The van der Waals surface area contributed by atoms with Gasteiger partial charge in [-0.1, -0.05) is 47.3 Å². The van der Waals surface area contributed by atoms with Gasteiger partial charge >= 0.3 is 21.6 Å². The minimum atomic E-state index is -6.07. The van der Waals surface area contributed by atoms with Gasteiger partial charge in [0.15, 0.2) is 27.6 Å². The number of amidine groups is 1. The summed E-state index contributed by atoms with van der Waals surface area (Å²) < 4.78 is 97.9. The summed E-state index contributed by atoms with van der Waals surface area (Å²) in [5.74, 6) is -1.04. The highest BCUT2D eigenvalue weighted by Gasteiger charge is 2.72. The maximum atomic E-state index is 14.2. The monoisotopic (exact) mass is 758 g/mol. The predicted molar refractivity (Wildman–Crippen MR) is 181 cm³/mol. The molecule has 1 amide bonds. The molecule has 4 atom stereocenters. The summed E-state index contributed by atoms with van der Waals surface area (Å²) in [6.07, 6.45) is -1.09. The molecule has 2 rings (SSSR count). The third kappa shape index (κ3) is 8.99. The number of nitrogens with zero attached hydrogens (tertiary/aromatic N) is 4. The summed E-state index contributed by atoms with van der Waals surface area (Å²) in [5.41, 5.74) is -10.0. The lowest BCUT2D eigenvalue weighted by molar-refractivity contribution is -0.279. The first-order valence-corrected chi connectivity index (χ1v) is 24.9. The number of hydroxylamine groups is 2. The van der Waals surface area contributed by atoms with Gasteiger partial charge in [0.25, 0.3) is 5.91 Å². The SMILES string of the molecule is CCCOC[C@]1(O)C(OCCC)=C(C#N)[C@]2(CC(=O)N2OC(=N[Si](C)(C)C)N([Si](C)(C)C)S(=O)(=O)C(F)(F)F)[C@H](OCCC)[C@@H]1OCCC. The lowest BCUT2D eigenvalue weighted by Crippen LogP contribution is -2.79. The molecule has 0 radical (unpaired) electrons. The standard InChI is InChI=1S/C30H53F3N4O9SSi2/c1-11-15-42-21-29(39)24(43-16-12-2)22(20-34)28(25(44-17-13-3)26(29)45-18-14-4)19-23(38)36(28)46-27(35-48(5,6)7)37(49(8,9)10)47(40,41)30(31,32)33/h25-26,39H,11-19,21H2,1-10H3/t25-,26+,28-,29+/m1/s1. The summed E-state index contributed by atoms with van der Waals surface area (Å²) in [5, 5.41) is 23.9. The van der Waals surface area contributed by atoms with E-state index in [4.69, 9.17) is 23.8 Å². The van der Waals surface area contributed by atoms with Crippen LogP contribution in [0.4, 0.5) is 13.2 Å². The molecule has 0 bridgehead atoms. The Hall–Kier alpha value is -2.22. The van der Waals surface area contributed by atoms with Gasteiger partial charge in [-0.25, -0.2) is 3.97 Å². The van der Waals surface area contributed by atoms with E-state index in [1.807, 2.05) is 27.7 Å². The lowest BCUT2D eigenvalue weighted by Gasteiger charge is -2.59. The van der Waals surface area contributed by atoms with Gasteiger partial charge in [0.2, 0.25) is 0 Å². The highest BCUT2D eigenvalue weighted by Crippen LogP contribution is 2.53. The lowest BCUT2D eigenvalue weighted by atomic mass is 9.64. The van der Waals surface area contributed by atoms with E-state index in [0.29, 0.717) is 30.7 Å². The zero-order valence-electron chi connectivity index (χ0n) is 30.3. The fourth-order valence-corrected chi connectivity index (χ4v) is 10.8. The summed E-state index contributed by atoms with van der Waals surface area (Å²) in [7, 11) is -12.5. The molecule has 1 N–H and O–H groups in total. The average molecular weight is 759 g/mol. The van der Waals surface area contributed by atoms with Gasteiger partial charge in [-0.2, -0.15) is 31.9 Å². The van der Waals surface area contributed by atoms with Crippen LogP contribution in [0.1, 0.15) is 59.8 Å². The molecule has 1 spiro atoms. The smallest absolute Gasteiger partial charge is 0.494 e. The van der Waals surface area contributed by atoms with Gasteiger partial charge in [-0.15, -0.1) is 0 Å². The first-order valence-electron chi connectivity index (χ1n) is 16.6. The van der Waals surface area contributed by atoms with Crippen LogP contribution in [0.25, 0.3) is 0 Å². The van der Waals surface area contributed by atoms with Crippen LogP contribution >= 0.6 is 0 Å². The van der Waals surface area contributed by atoms with Crippen molar-refractivity contribution in [2.24, 2.45) is 4.66 Å². The average Bonchev–Trinajstić information content (AvgIpc) is 2.96. The Kier molecular flexibility index (Phi) is 14.4.